The van der Waals surface area contributed by atoms with Gasteiger partial charge in [0.1, 0.15) is 6.04 Å². The Labute approximate surface area is 122 Å². The van der Waals surface area contributed by atoms with E-state index in [-0.39, 0.29) is 31.6 Å². The first-order valence-corrected chi connectivity index (χ1v) is 7.71. The van der Waals surface area contributed by atoms with E-state index in [4.69, 9.17) is 10.2 Å². The summed E-state index contributed by atoms with van der Waals surface area (Å²) in [6.45, 7) is 0.0194. The van der Waals surface area contributed by atoms with Gasteiger partial charge in [-0.2, -0.15) is 0 Å². The van der Waals surface area contributed by atoms with E-state index in [0.717, 1.165) is 0 Å². The number of methoxy groups -OCH3 is 1. The number of urea groups is 1. The number of nitrogens with two attached hydrogens (primary N) is 1. The number of primary sulfonamides is 1. The molecule has 0 radical (unpaired) electrons. The Balaban J connectivity index is 4.12. The van der Waals surface area contributed by atoms with Crippen LogP contribution in [0.4, 0.5) is 4.79 Å². The van der Waals surface area contributed by atoms with Gasteiger partial charge in [-0.05, 0) is 12.8 Å². The Morgan fingerprint density at radius 1 is 1.33 bits per heavy atom. The van der Waals surface area contributed by atoms with Crippen molar-refractivity contribution in [2.75, 3.05) is 19.4 Å². The first-order chi connectivity index (χ1) is 9.65. The van der Waals surface area contributed by atoms with E-state index in [2.05, 4.69) is 15.4 Å². The first-order valence-electron chi connectivity index (χ1n) is 6.00. The lowest BCUT2D eigenvalue weighted by molar-refractivity contribution is -0.142. The molecule has 0 saturated heterocycles. The highest BCUT2D eigenvalue weighted by Gasteiger charge is 2.21. The van der Waals surface area contributed by atoms with Crippen LogP contribution in [-0.4, -0.2) is 56.9 Å². The maximum Gasteiger partial charge on any atom is 0.326 e. The molecule has 2 amide bonds. The fraction of sp³-hybridized carbons (Fsp3) is 0.700. The summed E-state index contributed by atoms with van der Waals surface area (Å²) < 4.78 is 25.7. The van der Waals surface area contributed by atoms with E-state index in [1.807, 2.05) is 0 Å². The van der Waals surface area contributed by atoms with E-state index in [1.54, 1.807) is 0 Å². The highest BCUT2D eigenvalue weighted by atomic mass is 32.2. The Morgan fingerprint density at radius 2 is 1.95 bits per heavy atom. The number of amides is 2. The second kappa shape index (κ2) is 9.13. The third-order valence-electron chi connectivity index (χ3n) is 2.36. The van der Waals surface area contributed by atoms with Crippen LogP contribution in [0.2, 0.25) is 0 Å². The van der Waals surface area contributed by atoms with Crippen LogP contribution in [0.5, 0.6) is 0 Å². The SMILES string of the molecule is COC(=O)CC[C@H](NC(=O)NCCCS(N)(=O)=O)C(=O)O. The van der Waals surface area contributed by atoms with Gasteiger partial charge in [-0.3, -0.25) is 4.79 Å². The van der Waals surface area contributed by atoms with Crippen molar-refractivity contribution in [2.45, 2.75) is 25.3 Å². The maximum absolute atomic E-state index is 11.4. The summed E-state index contributed by atoms with van der Waals surface area (Å²) in [6, 6.07) is -2.02. The molecule has 0 aromatic heterocycles. The minimum Gasteiger partial charge on any atom is -0.480 e. The molecule has 0 fully saturated rings. The molecule has 0 spiro atoms. The summed E-state index contributed by atoms with van der Waals surface area (Å²) in [5.41, 5.74) is 0. The summed E-state index contributed by atoms with van der Waals surface area (Å²) in [5, 5.41) is 18.1. The first kappa shape index (κ1) is 19.1. The van der Waals surface area contributed by atoms with E-state index in [0.29, 0.717) is 0 Å². The van der Waals surface area contributed by atoms with E-state index < -0.39 is 34.0 Å². The highest BCUT2D eigenvalue weighted by molar-refractivity contribution is 7.89. The van der Waals surface area contributed by atoms with E-state index in [1.165, 1.54) is 7.11 Å². The van der Waals surface area contributed by atoms with Crippen LogP contribution in [0.1, 0.15) is 19.3 Å². The molecular weight excluding hydrogens is 306 g/mol. The van der Waals surface area contributed by atoms with Gasteiger partial charge < -0.3 is 20.5 Å². The molecule has 0 heterocycles. The van der Waals surface area contributed by atoms with Crippen molar-refractivity contribution in [3.63, 3.8) is 0 Å². The Bertz CT molecular complexity index is 477. The maximum atomic E-state index is 11.4. The van der Waals surface area contributed by atoms with Gasteiger partial charge in [0.2, 0.25) is 10.0 Å². The zero-order chi connectivity index (χ0) is 16.5. The summed E-state index contributed by atoms with van der Waals surface area (Å²) >= 11 is 0. The molecule has 0 bridgehead atoms. The predicted octanol–water partition coefficient (Wildman–Crippen LogP) is -1.63. The van der Waals surface area contributed by atoms with Crippen molar-refractivity contribution < 1.29 is 32.6 Å². The van der Waals surface area contributed by atoms with Crippen LogP contribution in [-0.2, 0) is 24.3 Å². The normalized spacial score (nSPS) is 12.3. The molecule has 0 aromatic rings. The summed E-state index contributed by atoms with van der Waals surface area (Å²) in [6.07, 6.45) is -0.169. The van der Waals surface area contributed by atoms with Crippen LogP contribution in [0.15, 0.2) is 0 Å². The lowest BCUT2D eigenvalue weighted by Gasteiger charge is -2.14. The number of nitrogens with one attached hydrogen (secondary N) is 2. The van der Waals surface area contributed by atoms with Gasteiger partial charge in [-0.1, -0.05) is 0 Å². The molecule has 5 N–H and O–H groups in total. The zero-order valence-electron chi connectivity index (χ0n) is 11.5. The van der Waals surface area contributed by atoms with Crippen LogP contribution >= 0.6 is 0 Å². The third-order valence-corrected chi connectivity index (χ3v) is 3.22. The number of esters is 1. The number of sulfonamides is 1. The fourth-order valence-corrected chi connectivity index (χ4v) is 1.85. The number of hydrogen-bond acceptors (Lipinski definition) is 6. The third kappa shape index (κ3) is 10.6. The number of carbonyl (C=O) groups excluding carboxylic acids is 2. The highest BCUT2D eigenvalue weighted by Crippen LogP contribution is 1.99. The molecule has 1 atom stereocenters. The molecule has 0 unspecified atom stereocenters. The average Bonchev–Trinajstić information content (AvgIpc) is 2.37. The van der Waals surface area contributed by atoms with Gasteiger partial charge in [-0.15, -0.1) is 0 Å². The van der Waals surface area contributed by atoms with Crippen LogP contribution in [0.3, 0.4) is 0 Å². The molecule has 11 heteroatoms. The molecule has 0 aliphatic heterocycles. The molecular formula is C10H19N3O7S. The largest absolute Gasteiger partial charge is 0.480 e. The number of aliphatic carboxylic acids is 1. The van der Waals surface area contributed by atoms with Crippen molar-refractivity contribution >= 4 is 28.0 Å². The van der Waals surface area contributed by atoms with Crippen LogP contribution in [0, 0.1) is 0 Å². The number of carboxylic acids is 1. The Kier molecular flexibility index (Phi) is 8.31. The quantitative estimate of drug-likeness (QED) is 0.292. The summed E-state index contributed by atoms with van der Waals surface area (Å²) in [5.74, 6) is -2.17. The van der Waals surface area contributed by atoms with Gasteiger partial charge in [0.05, 0.1) is 12.9 Å². The van der Waals surface area contributed by atoms with Gasteiger partial charge in [-0.25, -0.2) is 23.1 Å². The summed E-state index contributed by atoms with van der Waals surface area (Å²) in [7, 11) is -2.43. The van der Waals surface area contributed by atoms with Crippen molar-refractivity contribution in [1.29, 1.82) is 0 Å². The van der Waals surface area contributed by atoms with E-state index >= 15 is 0 Å². The standard InChI is InChI=1S/C10H19N3O7S/c1-20-8(14)4-3-7(9(15)16)13-10(17)12-5-2-6-21(11,18)19/h7H,2-6H2,1H3,(H,15,16)(H2,11,18,19)(H2,12,13,17)/t7-/m0/s1. The van der Waals surface area contributed by atoms with Crippen molar-refractivity contribution in [2.24, 2.45) is 5.14 Å². The smallest absolute Gasteiger partial charge is 0.326 e. The molecule has 122 valence electrons. The second-order valence-corrected chi connectivity index (χ2v) is 5.86. The number of carboxylic acid groups (broad SMARTS) is 1. The molecule has 0 aliphatic carbocycles. The minimum absolute atomic E-state index is 0.0194. The molecule has 10 nitrogen and oxygen atoms in total. The number of rotatable bonds is 9. The monoisotopic (exact) mass is 325 g/mol. The fourth-order valence-electron chi connectivity index (χ4n) is 1.31. The van der Waals surface area contributed by atoms with Gasteiger partial charge in [0.25, 0.3) is 0 Å². The zero-order valence-corrected chi connectivity index (χ0v) is 12.3. The molecule has 0 rings (SSSR count). The predicted molar refractivity (Wildman–Crippen MR) is 71.8 cm³/mol. The van der Waals surface area contributed by atoms with Crippen molar-refractivity contribution in [1.82, 2.24) is 10.6 Å². The molecule has 0 saturated carbocycles. The Hall–Kier alpha value is -1.88. The molecule has 0 aliphatic rings. The van der Waals surface area contributed by atoms with E-state index in [9.17, 15) is 22.8 Å². The van der Waals surface area contributed by atoms with Crippen molar-refractivity contribution in [3.05, 3.63) is 0 Å². The van der Waals surface area contributed by atoms with Gasteiger partial charge in [0, 0.05) is 13.0 Å². The Morgan fingerprint density at radius 3 is 2.43 bits per heavy atom. The van der Waals surface area contributed by atoms with Crippen LogP contribution in [0.25, 0.3) is 0 Å². The second-order valence-electron chi connectivity index (χ2n) is 4.13. The lowest BCUT2D eigenvalue weighted by atomic mass is 10.1. The van der Waals surface area contributed by atoms with Crippen molar-refractivity contribution in [3.8, 4) is 0 Å². The topological polar surface area (TPSA) is 165 Å². The minimum atomic E-state index is -3.60. The number of ether oxygens (including phenoxy) is 1. The number of carbonyl (C=O) groups is 3. The lowest BCUT2D eigenvalue weighted by Crippen LogP contribution is -2.46. The van der Waals surface area contributed by atoms with Crippen LogP contribution < -0.4 is 15.8 Å². The average molecular weight is 325 g/mol. The molecule has 0 aromatic carbocycles. The number of hydrogen-bond donors (Lipinski definition) is 4. The van der Waals surface area contributed by atoms with Gasteiger partial charge >= 0.3 is 18.0 Å². The van der Waals surface area contributed by atoms with Gasteiger partial charge in [0.15, 0.2) is 0 Å². The molecule has 21 heavy (non-hydrogen) atoms. The summed E-state index contributed by atoms with van der Waals surface area (Å²) in [4.78, 5) is 33.2.